The first kappa shape index (κ1) is 19.0. The van der Waals surface area contributed by atoms with Crippen LogP contribution < -0.4 is 10.6 Å². The summed E-state index contributed by atoms with van der Waals surface area (Å²) in [4.78, 5) is 35.9. The molecule has 0 bridgehead atoms. The summed E-state index contributed by atoms with van der Waals surface area (Å²) < 4.78 is 5.11. The minimum absolute atomic E-state index is 0.139. The Hall–Kier alpha value is -2.37. The van der Waals surface area contributed by atoms with Crippen LogP contribution in [0, 0.1) is 5.92 Å². The molecule has 2 N–H and O–H groups in total. The number of hydrogen-bond acceptors (Lipinski definition) is 4. The van der Waals surface area contributed by atoms with E-state index >= 15 is 0 Å². The van der Waals surface area contributed by atoms with Gasteiger partial charge in [-0.15, -0.1) is 0 Å². The van der Waals surface area contributed by atoms with Crippen LogP contribution in [0.25, 0.3) is 0 Å². The second-order valence-electron chi connectivity index (χ2n) is 6.56. The van der Waals surface area contributed by atoms with Crippen LogP contribution in [0.5, 0.6) is 0 Å². The lowest BCUT2D eigenvalue weighted by Gasteiger charge is -2.30. The normalized spacial score (nSPS) is 21.0. The number of carbonyl (C=O) groups excluding carboxylic acids is 3. The van der Waals surface area contributed by atoms with Gasteiger partial charge in [-0.05, 0) is 37.8 Å². The first-order chi connectivity index (χ1) is 12.0. The van der Waals surface area contributed by atoms with Gasteiger partial charge in [0, 0.05) is 11.6 Å². The summed E-state index contributed by atoms with van der Waals surface area (Å²) in [5.74, 6) is -0.846. The molecule has 2 rings (SSSR count). The third-order valence-electron chi connectivity index (χ3n) is 4.55. The summed E-state index contributed by atoms with van der Waals surface area (Å²) in [6.07, 6.45) is 3.48. The number of benzene rings is 1. The Bertz CT molecular complexity index is 603. The van der Waals surface area contributed by atoms with E-state index in [9.17, 15) is 14.4 Å². The highest BCUT2D eigenvalue weighted by Gasteiger charge is 2.26. The van der Waals surface area contributed by atoms with Crippen LogP contribution in [0.2, 0.25) is 0 Å². The number of carbonyl (C=O) groups is 3. The average molecular weight is 346 g/mol. The van der Waals surface area contributed by atoms with Gasteiger partial charge in [-0.1, -0.05) is 38.0 Å². The average Bonchev–Trinajstić information content (AvgIpc) is 2.62. The number of nitrogens with one attached hydrogen (secondary N) is 2. The van der Waals surface area contributed by atoms with E-state index in [-0.39, 0.29) is 24.4 Å². The molecule has 0 aromatic heterocycles. The van der Waals surface area contributed by atoms with Crippen LogP contribution in [0.1, 0.15) is 49.9 Å². The third-order valence-corrected chi connectivity index (χ3v) is 4.55. The zero-order valence-corrected chi connectivity index (χ0v) is 14.8. The van der Waals surface area contributed by atoms with Crippen molar-refractivity contribution >= 4 is 17.8 Å². The molecule has 0 heterocycles. The summed E-state index contributed by atoms with van der Waals surface area (Å²) in [6.45, 7) is 3.39. The van der Waals surface area contributed by atoms with Crippen LogP contribution in [0.3, 0.4) is 0 Å². The summed E-state index contributed by atoms with van der Waals surface area (Å²) in [7, 11) is 0. The van der Waals surface area contributed by atoms with E-state index in [1.165, 1.54) is 6.42 Å². The van der Waals surface area contributed by atoms with Crippen LogP contribution in [0.4, 0.5) is 0 Å². The van der Waals surface area contributed by atoms with Gasteiger partial charge in [0.05, 0.1) is 0 Å². The molecule has 2 amide bonds. The van der Waals surface area contributed by atoms with Gasteiger partial charge >= 0.3 is 5.97 Å². The van der Waals surface area contributed by atoms with Crippen molar-refractivity contribution in [1.82, 2.24) is 10.6 Å². The Morgan fingerprint density at radius 3 is 2.52 bits per heavy atom. The molecule has 1 aromatic carbocycles. The van der Waals surface area contributed by atoms with Crippen LogP contribution in [0.15, 0.2) is 30.3 Å². The van der Waals surface area contributed by atoms with Crippen molar-refractivity contribution in [2.45, 2.75) is 51.7 Å². The van der Waals surface area contributed by atoms with Gasteiger partial charge in [0.1, 0.15) is 6.54 Å². The molecule has 0 saturated heterocycles. The lowest BCUT2D eigenvalue weighted by Crippen LogP contribution is -2.46. The molecule has 136 valence electrons. The smallest absolute Gasteiger partial charge is 0.326 e. The summed E-state index contributed by atoms with van der Waals surface area (Å²) in [5, 5.41) is 5.45. The van der Waals surface area contributed by atoms with Crippen LogP contribution in [-0.4, -0.2) is 36.5 Å². The predicted octanol–water partition coefficient (Wildman–Crippen LogP) is 2.04. The second-order valence-corrected chi connectivity index (χ2v) is 6.56. The monoisotopic (exact) mass is 346 g/mol. The van der Waals surface area contributed by atoms with Crippen molar-refractivity contribution in [3.05, 3.63) is 35.9 Å². The molecule has 1 aromatic rings. The molecule has 25 heavy (non-hydrogen) atoms. The second kappa shape index (κ2) is 9.20. The summed E-state index contributed by atoms with van der Waals surface area (Å²) in [6, 6.07) is 8.74. The number of ether oxygens (including phenoxy) is 1. The first-order valence-electron chi connectivity index (χ1n) is 8.80. The zero-order valence-electron chi connectivity index (χ0n) is 14.8. The topological polar surface area (TPSA) is 84.5 Å². The minimum atomic E-state index is -0.879. The Balaban J connectivity index is 1.73. The van der Waals surface area contributed by atoms with Crippen molar-refractivity contribution in [1.29, 1.82) is 0 Å². The molecule has 3 atom stereocenters. The maximum absolute atomic E-state index is 12.2. The SMILES string of the molecule is C[C@@H](OC(=O)CNC(=O)c1ccccc1)C(=O)N[C@@H]1CCCC[C@@H]1C. The van der Waals surface area contributed by atoms with Gasteiger partial charge in [-0.3, -0.25) is 14.4 Å². The molecule has 1 aliphatic carbocycles. The third kappa shape index (κ3) is 5.89. The maximum Gasteiger partial charge on any atom is 0.326 e. The van der Waals surface area contributed by atoms with Gasteiger partial charge in [-0.25, -0.2) is 0 Å². The predicted molar refractivity (Wildman–Crippen MR) is 93.9 cm³/mol. The highest BCUT2D eigenvalue weighted by atomic mass is 16.5. The quantitative estimate of drug-likeness (QED) is 0.772. The van der Waals surface area contributed by atoms with Crippen molar-refractivity contribution in [3.8, 4) is 0 Å². The molecule has 0 aliphatic heterocycles. The van der Waals surface area contributed by atoms with E-state index in [1.807, 2.05) is 0 Å². The van der Waals surface area contributed by atoms with Gasteiger partial charge in [0.2, 0.25) is 0 Å². The van der Waals surface area contributed by atoms with Crippen LogP contribution >= 0.6 is 0 Å². The van der Waals surface area contributed by atoms with E-state index in [0.717, 1.165) is 19.3 Å². The molecule has 1 fully saturated rings. The van der Waals surface area contributed by atoms with E-state index in [4.69, 9.17) is 4.74 Å². The van der Waals surface area contributed by atoms with Gasteiger partial charge < -0.3 is 15.4 Å². The Morgan fingerprint density at radius 1 is 1.16 bits per heavy atom. The molecule has 6 heteroatoms. The number of rotatable bonds is 6. The largest absolute Gasteiger partial charge is 0.451 e. The van der Waals surface area contributed by atoms with E-state index in [2.05, 4.69) is 17.6 Å². The van der Waals surface area contributed by atoms with E-state index in [0.29, 0.717) is 11.5 Å². The fourth-order valence-corrected chi connectivity index (χ4v) is 2.97. The molecule has 0 unspecified atom stereocenters. The maximum atomic E-state index is 12.2. The zero-order chi connectivity index (χ0) is 18.2. The molecular formula is C19H26N2O4. The van der Waals surface area contributed by atoms with Gasteiger partial charge in [0.15, 0.2) is 6.10 Å². The molecule has 0 radical (unpaired) electrons. The fraction of sp³-hybridized carbons (Fsp3) is 0.526. The highest BCUT2D eigenvalue weighted by Crippen LogP contribution is 2.23. The standard InChI is InChI=1S/C19H26N2O4/c1-13-8-6-7-11-16(13)21-18(23)14(2)25-17(22)12-20-19(24)15-9-4-3-5-10-15/h3-5,9-10,13-14,16H,6-8,11-12H2,1-2H3,(H,20,24)(H,21,23)/t13-,14+,16+/m0/s1. The van der Waals surface area contributed by atoms with E-state index in [1.54, 1.807) is 37.3 Å². The fourth-order valence-electron chi connectivity index (χ4n) is 2.97. The lowest BCUT2D eigenvalue weighted by atomic mass is 9.86. The molecule has 0 spiro atoms. The summed E-state index contributed by atoms with van der Waals surface area (Å²) >= 11 is 0. The van der Waals surface area contributed by atoms with Crippen LogP contribution in [-0.2, 0) is 14.3 Å². The first-order valence-corrected chi connectivity index (χ1v) is 8.80. The molecular weight excluding hydrogens is 320 g/mol. The Labute approximate surface area is 148 Å². The van der Waals surface area contributed by atoms with E-state index < -0.39 is 12.1 Å². The minimum Gasteiger partial charge on any atom is -0.451 e. The number of hydrogen-bond donors (Lipinski definition) is 2. The number of amides is 2. The van der Waals surface area contributed by atoms with Crippen molar-refractivity contribution in [2.24, 2.45) is 5.92 Å². The van der Waals surface area contributed by atoms with Gasteiger partial charge in [0.25, 0.3) is 11.8 Å². The van der Waals surface area contributed by atoms with Crippen molar-refractivity contribution in [2.75, 3.05) is 6.54 Å². The van der Waals surface area contributed by atoms with Crippen molar-refractivity contribution in [3.63, 3.8) is 0 Å². The molecule has 1 aliphatic rings. The van der Waals surface area contributed by atoms with Crippen molar-refractivity contribution < 1.29 is 19.1 Å². The van der Waals surface area contributed by atoms with Gasteiger partial charge in [-0.2, -0.15) is 0 Å². The highest BCUT2D eigenvalue weighted by molar-refractivity contribution is 5.96. The Kier molecular flexibility index (Phi) is 6.98. The summed E-state index contributed by atoms with van der Waals surface area (Å²) in [5.41, 5.74) is 0.465. The Morgan fingerprint density at radius 2 is 1.84 bits per heavy atom. The molecule has 6 nitrogen and oxygen atoms in total. The number of esters is 1. The lowest BCUT2D eigenvalue weighted by molar-refractivity contribution is -0.154. The molecule has 1 saturated carbocycles.